The Morgan fingerprint density at radius 1 is 1.13 bits per heavy atom. The van der Waals surface area contributed by atoms with E-state index in [1.54, 1.807) is 18.2 Å². The first-order valence-electron chi connectivity index (χ1n) is 12.6. The molecule has 0 radical (unpaired) electrons. The lowest BCUT2D eigenvalue weighted by Gasteiger charge is -2.22. The van der Waals surface area contributed by atoms with Crippen LogP contribution in [0.15, 0.2) is 41.2 Å². The molecule has 0 amide bonds. The SMILES string of the molecule is COc1cc(OC)cc(-c2nn(-c3cc(N4CC[C@H](OCCO)C4)ccc3C(F)(F)F)c(=O)c3c2CCN3)c1. The van der Waals surface area contributed by atoms with Gasteiger partial charge in [-0.3, -0.25) is 4.79 Å². The fraction of sp³-hybridized carbons (Fsp3) is 0.407. The van der Waals surface area contributed by atoms with E-state index < -0.39 is 17.3 Å². The minimum atomic E-state index is -4.72. The third kappa shape index (κ3) is 5.26. The molecule has 0 saturated carbocycles. The van der Waals surface area contributed by atoms with E-state index in [1.165, 1.54) is 26.4 Å². The zero-order chi connectivity index (χ0) is 27.7. The Balaban J connectivity index is 1.66. The number of nitrogens with one attached hydrogen (secondary N) is 1. The molecule has 39 heavy (non-hydrogen) atoms. The number of aliphatic hydroxyl groups excluding tert-OH is 1. The van der Waals surface area contributed by atoms with Crippen LogP contribution in [-0.2, 0) is 17.3 Å². The van der Waals surface area contributed by atoms with Gasteiger partial charge in [0.05, 0.1) is 50.5 Å². The third-order valence-corrected chi connectivity index (χ3v) is 6.97. The number of hydrogen-bond donors (Lipinski definition) is 2. The smallest absolute Gasteiger partial charge is 0.418 e. The summed E-state index contributed by atoms with van der Waals surface area (Å²) >= 11 is 0. The quantitative estimate of drug-likeness (QED) is 0.443. The zero-order valence-corrected chi connectivity index (χ0v) is 21.5. The Labute approximate surface area is 222 Å². The number of hydrogen-bond acceptors (Lipinski definition) is 8. The number of ether oxygens (including phenoxy) is 3. The van der Waals surface area contributed by atoms with Crippen molar-refractivity contribution in [1.29, 1.82) is 0 Å². The molecule has 1 atom stereocenters. The first-order chi connectivity index (χ1) is 18.7. The number of aliphatic hydroxyl groups is 1. The van der Waals surface area contributed by atoms with Crippen LogP contribution in [0.3, 0.4) is 0 Å². The molecule has 0 aliphatic carbocycles. The lowest BCUT2D eigenvalue weighted by Crippen LogP contribution is -2.28. The summed E-state index contributed by atoms with van der Waals surface area (Å²) in [5, 5.41) is 16.6. The van der Waals surface area contributed by atoms with Crippen LogP contribution in [-0.4, -0.2) is 68.1 Å². The van der Waals surface area contributed by atoms with Crippen molar-refractivity contribution < 1.29 is 32.5 Å². The van der Waals surface area contributed by atoms with E-state index >= 15 is 0 Å². The van der Waals surface area contributed by atoms with Gasteiger partial charge < -0.3 is 29.5 Å². The van der Waals surface area contributed by atoms with Gasteiger partial charge in [0, 0.05) is 42.5 Å². The van der Waals surface area contributed by atoms with Crippen LogP contribution >= 0.6 is 0 Å². The van der Waals surface area contributed by atoms with Crippen LogP contribution in [0.5, 0.6) is 11.5 Å². The van der Waals surface area contributed by atoms with E-state index in [1.807, 2.05) is 4.90 Å². The van der Waals surface area contributed by atoms with Crippen molar-refractivity contribution in [2.24, 2.45) is 0 Å². The molecule has 1 fully saturated rings. The summed E-state index contributed by atoms with van der Waals surface area (Å²) in [5.74, 6) is 0.960. The monoisotopic (exact) mass is 546 g/mol. The molecule has 0 unspecified atom stereocenters. The summed E-state index contributed by atoms with van der Waals surface area (Å²) in [6, 6.07) is 8.81. The third-order valence-electron chi connectivity index (χ3n) is 6.97. The molecular formula is C27H29F3N4O5. The van der Waals surface area contributed by atoms with Crippen molar-refractivity contribution >= 4 is 11.4 Å². The largest absolute Gasteiger partial charge is 0.497 e. The molecule has 5 rings (SSSR count). The molecule has 0 bridgehead atoms. The van der Waals surface area contributed by atoms with Crippen LogP contribution in [0.2, 0.25) is 0 Å². The standard InChI is InChI=1S/C27H29F3N4O5/c1-37-19-11-16(12-20(14-19)38-2)24-21-5-7-31-25(21)26(36)34(32-24)23-13-17(3-4-22(23)27(28,29)30)33-8-6-18(15-33)39-10-9-35/h3-4,11-14,18,31,35H,5-10,15H2,1-2H3/t18-/m0/s1. The van der Waals surface area contributed by atoms with Gasteiger partial charge in [-0.15, -0.1) is 0 Å². The Hall–Kier alpha value is -3.77. The first kappa shape index (κ1) is 26.8. The minimum Gasteiger partial charge on any atom is -0.497 e. The second-order valence-corrected chi connectivity index (χ2v) is 9.35. The average molecular weight is 547 g/mol. The highest BCUT2D eigenvalue weighted by atomic mass is 19.4. The number of methoxy groups -OCH3 is 2. The molecular weight excluding hydrogens is 517 g/mol. The van der Waals surface area contributed by atoms with E-state index in [9.17, 15) is 18.0 Å². The van der Waals surface area contributed by atoms with Crippen molar-refractivity contribution in [2.75, 3.05) is 57.3 Å². The van der Waals surface area contributed by atoms with E-state index in [0.29, 0.717) is 66.5 Å². The molecule has 3 heterocycles. The van der Waals surface area contributed by atoms with Gasteiger partial charge in [0.1, 0.15) is 17.2 Å². The van der Waals surface area contributed by atoms with Crippen molar-refractivity contribution in [2.45, 2.75) is 25.1 Å². The van der Waals surface area contributed by atoms with Gasteiger partial charge in [-0.2, -0.15) is 23.0 Å². The lowest BCUT2D eigenvalue weighted by atomic mass is 10.0. The maximum atomic E-state index is 14.2. The molecule has 0 spiro atoms. The Morgan fingerprint density at radius 2 is 1.87 bits per heavy atom. The van der Waals surface area contributed by atoms with E-state index in [4.69, 9.17) is 19.3 Å². The van der Waals surface area contributed by atoms with Gasteiger partial charge in [-0.1, -0.05) is 0 Å². The predicted octanol–water partition coefficient (Wildman–Crippen LogP) is 3.49. The molecule has 2 N–H and O–H groups in total. The second kappa shape index (κ2) is 10.8. The van der Waals surface area contributed by atoms with Crippen LogP contribution < -0.4 is 25.2 Å². The molecule has 2 aliphatic heterocycles. The predicted molar refractivity (Wildman–Crippen MR) is 139 cm³/mol. The van der Waals surface area contributed by atoms with Gasteiger partial charge in [0.2, 0.25) is 0 Å². The van der Waals surface area contributed by atoms with Crippen molar-refractivity contribution in [1.82, 2.24) is 9.78 Å². The topological polar surface area (TPSA) is 98.1 Å². The number of fused-ring (bicyclic) bond motifs is 1. The summed E-state index contributed by atoms with van der Waals surface area (Å²) < 4.78 is 59.9. The molecule has 3 aromatic rings. The molecule has 1 aromatic heterocycles. The molecule has 208 valence electrons. The maximum Gasteiger partial charge on any atom is 0.418 e. The summed E-state index contributed by atoms with van der Waals surface area (Å²) in [5.41, 5.74) is 0.280. The summed E-state index contributed by atoms with van der Waals surface area (Å²) in [6.45, 7) is 1.55. The average Bonchev–Trinajstić information content (AvgIpc) is 3.61. The lowest BCUT2D eigenvalue weighted by molar-refractivity contribution is -0.137. The van der Waals surface area contributed by atoms with Crippen molar-refractivity contribution in [3.05, 3.63) is 57.9 Å². The molecule has 2 aromatic carbocycles. The Kier molecular flexibility index (Phi) is 7.41. The fourth-order valence-corrected chi connectivity index (χ4v) is 5.09. The number of benzene rings is 2. The van der Waals surface area contributed by atoms with Crippen LogP contribution in [0.4, 0.5) is 24.5 Å². The number of nitrogens with zero attached hydrogens (tertiary/aromatic N) is 3. The summed E-state index contributed by atoms with van der Waals surface area (Å²) in [4.78, 5) is 15.4. The number of alkyl halides is 3. The highest BCUT2D eigenvalue weighted by Crippen LogP contribution is 2.38. The number of rotatable bonds is 8. The van der Waals surface area contributed by atoms with E-state index in [0.717, 1.165) is 10.7 Å². The first-order valence-corrected chi connectivity index (χ1v) is 12.6. The molecule has 2 aliphatic rings. The Morgan fingerprint density at radius 3 is 2.54 bits per heavy atom. The highest BCUT2D eigenvalue weighted by Gasteiger charge is 2.36. The summed E-state index contributed by atoms with van der Waals surface area (Å²) in [6.07, 6.45) is -3.72. The van der Waals surface area contributed by atoms with Gasteiger partial charge in [-0.05, 0) is 43.2 Å². The molecule has 1 saturated heterocycles. The molecule has 9 nitrogen and oxygen atoms in total. The van der Waals surface area contributed by atoms with Gasteiger partial charge in [0.25, 0.3) is 5.56 Å². The summed E-state index contributed by atoms with van der Waals surface area (Å²) in [7, 11) is 3.00. The number of halogens is 3. The fourth-order valence-electron chi connectivity index (χ4n) is 5.09. The van der Waals surface area contributed by atoms with Gasteiger partial charge in [-0.25, -0.2) is 0 Å². The van der Waals surface area contributed by atoms with Gasteiger partial charge >= 0.3 is 6.18 Å². The number of aromatic nitrogens is 2. The van der Waals surface area contributed by atoms with Crippen molar-refractivity contribution in [3.63, 3.8) is 0 Å². The molecule has 12 heteroatoms. The Bertz CT molecular complexity index is 1400. The van der Waals surface area contributed by atoms with Crippen LogP contribution in [0, 0.1) is 0 Å². The van der Waals surface area contributed by atoms with E-state index in [2.05, 4.69) is 10.4 Å². The van der Waals surface area contributed by atoms with Gasteiger partial charge in [0.15, 0.2) is 0 Å². The normalized spacial score (nSPS) is 16.8. The van der Waals surface area contributed by atoms with Crippen molar-refractivity contribution in [3.8, 4) is 28.4 Å². The van der Waals surface area contributed by atoms with Crippen LogP contribution in [0.1, 0.15) is 17.5 Å². The van der Waals surface area contributed by atoms with Crippen LogP contribution in [0.25, 0.3) is 16.9 Å². The number of anilines is 2. The highest BCUT2D eigenvalue weighted by molar-refractivity contribution is 5.74. The second-order valence-electron chi connectivity index (χ2n) is 9.35. The minimum absolute atomic E-state index is 0.108. The zero-order valence-electron chi connectivity index (χ0n) is 21.5. The maximum absolute atomic E-state index is 14.2. The van der Waals surface area contributed by atoms with E-state index in [-0.39, 0.29) is 30.7 Å².